The van der Waals surface area contributed by atoms with Gasteiger partial charge in [-0.15, -0.1) is 0 Å². The average molecular weight is 1020 g/mol. The number of methoxy groups -OCH3 is 1. The van der Waals surface area contributed by atoms with Gasteiger partial charge in [-0.3, -0.25) is 29.4 Å². The third-order valence-corrected chi connectivity index (χ3v) is 13.3. The molecule has 7 rings (SSSR count). The van der Waals surface area contributed by atoms with E-state index in [1.807, 2.05) is 48.3 Å². The second kappa shape index (κ2) is 28.3. The molecule has 3 aromatic carbocycles. The van der Waals surface area contributed by atoms with Crippen LogP contribution in [0.2, 0.25) is 0 Å². The highest BCUT2D eigenvalue weighted by molar-refractivity contribution is 5.97. The lowest BCUT2D eigenvalue weighted by molar-refractivity contribution is -0.121. The molecule has 0 aliphatic carbocycles. The summed E-state index contributed by atoms with van der Waals surface area (Å²) in [6, 6.07) is 26.2. The number of amides is 2. The minimum Gasteiger partial charge on any atom is -0.383 e. The van der Waals surface area contributed by atoms with Crippen molar-refractivity contribution >= 4 is 23.2 Å². The largest absolute Gasteiger partial charge is 0.383 e. The summed E-state index contributed by atoms with van der Waals surface area (Å²) in [6.45, 7) is 14.3. The van der Waals surface area contributed by atoms with Crippen molar-refractivity contribution in [3.63, 3.8) is 0 Å². The molecule has 0 saturated carbocycles. The van der Waals surface area contributed by atoms with Crippen molar-refractivity contribution in [2.24, 2.45) is 0 Å². The number of benzene rings is 3. The molecule has 1 fully saturated rings. The molecule has 15 nitrogen and oxygen atoms in total. The van der Waals surface area contributed by atoms with Gasteiger partial charge in [0.1, 0.15) is 11.6 Å². The number of ether oxygens (including phenoxy) is 5. The Morgan fingerprint density at radius 1 is 0.838 bits per heavy atom. The van der Waals surface area contributed by atoms with Gasteiger partial charge in [-0.1, -0.05) is 50.2 Å². The monoisotopic (exact) mass is 1020 g/mol. The number of rotatable bonds is 29. The fourth-order valence-corrected chi connectivity index (χ4v) is 9.31. The Morgan fingerprint density at radius 2 is 1.51 bits per heavy atom. The molecule has 74 heavy (non-hydrogen) atoms. The first-order chi connectivity index (χ1) is 35.8. The van der Waals surface area contributed by atoms with Crippen LogP contribution in [0.3, 0.4) is 0 Å². The van der Waals surface area contributed by atoms with Crippen molar-refractivity contribution in [2.45, 2.75) is 63.7 Å². The molecule has 2 aromatic heterocycles. The number of halogens is 2. The van der Waals surface area contributed by atoms with Gasteiger partial charge in [0.2, 0.25) is 11.8 Å². The van der Waals surface area contributed by atoms with Crippen LogP contribution in [-0.4, -0.2) is 163 Å². The van der Waals surface area contributed by atoms with Gasteiger partial charge in [-0.05, 0) is 109 Å². The molecule has 398 valence electrons. The molecule has 0 bridgehead atoms. The summed E-state index contributed by atoms with van der Waals surface area (Å²) < 4.78 is 56.5. The van der Waals surface area contributed by atoms with E-state index in [0.29, 0.717) is 116 Å². The Hall–Kier alpha value is -5.60. The summed E-state index contributed by atoms with van der Waals surface area (Å²) >= 11 is 0. The Balaban J connectivity index is 0.791. The predicted octanol–water partition coefficient (Wildman–Crippen LogP) is 6.28. The standard InChI is InChI=1S/C57H74F2N8O7/c1-41-36-66(50(35-62-41)39-70-5)38-54(68)67-40-57(2,3)55-53(67)34-46(31-42-9-13-47(58)14-10-42)52(64-55)37-65(4)22-24-72-26-28-74-30-29-73-27-25-71-23-21-61-51(33-43-7-6-8-48(59)32-43)56(69)63-49-15-11-44(12-16-49)45-17-19-60-20-18-45/h6-20,32,34,41,50-51,61-62H,21-31,33,35-40H2,1-5H3,(H,63,69)/t41-,50-,51-/m1/s1. The zero-order valence-corrected chi connectivity index (χ0v) is 43.6. The molecule has 3 atom stereocenters. The number of nitrogens with zero attached hydrogens (tertiary/aromatic N) is 5. The third-order valence-electron chi connectivity index (χ3n) is 13.3. The zero-order chi connectivity index (χ0) is 52.3. The lowest BCUT2D eigenvalue weighted by Gasteiger charge is -2.39. The quantitative estimate of drug-likeness (QED) is 0.0462. The van der Waals surface area contributed by atoms with Crippen LogP contribution in [0.4, 0.5) is 20.2 Å². The highest BCUT2D eigenvalue weighted by Crippen LogP contribution is 2.41. The van der Waals surface area contributed by atoms with Gasteiger partial charge >= 0.3 is 0 Å². The van der Waals surface area contributed by atoms with Gasteiger partial charge in [0, 0.05) is 82.0 Å². The first-order valence-electron chi connectivity index (χ1n) is 25.7. The Bertz CT molecular complexity index is 2520. The number of carbonyl (C=O) groups excluding carboxylic acids is 2. The van der Waals surface area contributed by atoms with Crippen LogP contribution in [-0.2, 0) is 58.1 Å². The fourth-order valence-electron chi connectivity index (χ4n) is 9.31. The number of likely N-dealkylation sites (N-methyl/N-ethyl adjacent to an activating group) is 1. The smallest absolute Gasteiger partial charge is 0.241 e. The summed E-state index contributed by atoms with van der Waals surface area (Å²) in [7, 11) is 3.73. The Kier molecular flexibility index (Phi) is 21.5. The summed E-state index contributed by atoms with van der Waals surface area (Å²) in [5, 5.41) is 9.77. The van der Waals surface area contributed by atoms with Crippen LogP contribution in [0.15, 0.2) is 103 Å². The van der Waals surface area contributed by atoms with Gasteiger partial charge in [0.25, 0.3) is 0 Å². The zero-order valence-electron chi connectivity index (χ0n) is 43.6. The van der Waals surface area contributed by atoms with Crippen molar-refractivity contribution in [3.8, 4) is 11.1 Å². The number of nitrogens with one attached hydrogen (secondary N) is 3. The van der Waals surface area contributed by atoms with E-state index in [4.69, 9.17) is 28.7 Å². The maximum atomic E-state index is 14.1. The van der Waals surface area contributed by atoms with Gasteiger partial charge in [0.05, 0.1) is 89.1 Å². The van der Waals surface area contributed by atoms with Crippen LogP contribution in [0, 0.1) is 11.6 Å². The molecule has 4 heterocycles. The first-order valence-corrected chi connectivity index (χ1v) is 25.7. The molecular formula is C57H74F2N8O7. The van der Waals surface area contributed by atoms with Gasteiger partial charge < -0.3 is 44.5 Å². The van der Waals surface area contributed by atoms with Gasteiger partial charge in [-0.2, -0.15) is 0 Å². The van der Waals surface area contributed by atoms with Crippen molar-refractivity contribution < 1.29 is 42.1 Å². The Morgan fingerprint density at radius 3 is 2.20 bits per heavy atom. The van der Waals surface area contributed by atoms with Gasteiger partial charge in [0.15, 0.2) is 0 Å². The highest BCUT2D eigenvalue weighted by Gasteiger charge is 2.41. The molecular weight excluding hydrogens is 947 g/mol. The van der Waals surface area contributed by atoms with Crippen LogP contribution >= 0.6 is 0 Å². The summed E-state index contributed by atoms with van der Waals surface area (Å²) in [5.74, 6) is -0.823. The predicted molar refractivity (Wildman–Crippen MR) is 283 cm³/mol. The normalized spacial score (nSPS) is 16.9. The molecule has 1 saturated heterocycles. The number of hydrogen-bond donors (Lipinski definition) is 3. The van der Waals surface area contributed by atoms with Gasteiger partial charge in [-0.25, -0.2) is 8.78 Å². The van der Waals surface area contributed by atoms with E-state index in [2.05, 4.69) is 57.6 Å². The average Bonchev–Trinajstić information content (AvgIpc) is 3.66. The molecule has 0 radical (unpaired) electrons. The molecule has 0 spiro atoms. The van der Waals surface area contributed by atoms with E-state index in [1.54, 1.807) is 43.8 Å². The van der Waals surface area contributed by atoms with Crippen LogP contribution < -0.4 is 20.9 Å². The van der Waals surface area contributed by atoms with E-state index in [0.717, 1.165) is 52.4 Å². The van der Waals surface area contributed by atoms with E-state index < -0.39 is 6.04 Å². The number of hydrogen-bond acceptors (Lipinski definition) is 13. The highest BCUT2D eigenvalue weighted by atomic mass is 19.1. The summed E-state index contributed by atoms with van der Waals surface area (Å²) in [5.41, 5.74) is 7.68. The first kappa shape index (κ1) is 56.1. The van der Waals surface area contributed by atoms with E-state index in [1.165, 1.54) is 24.3 Å². The molecule has 0 unspecified atom stereocenters. The number of pyridine rings is 2. The van der Waals surface area contributed by atoms with Crippen molar-refractivity contribution in [3.05, 3.63) is 143 Å². The molecule has 2 amide bonds. The number of fused-ring (bicyclic) bond motifs is 1. The molecule has 3 N–H and O–H groups in total. The van der Waals surface area contributed by atoms with Crippen molar-refractivity contribution in [2.75, 3.05) is 123 Å². The molecule has 17 heteroatoms. The second-order valence-corrected chi connectivity index (χ2v) is 19.8. The van der Waals surface area contributed by atoms with Crippen LogP contribution in [0.5, 0.6) is 0 Å². The lowest BCUT2D eigenvalue weighted by atomic mass is 9.90. The van der Waals surface area contributed by atoms with E-state index in [-0.39, 0.29) is 40.9 Å². The third kappa shape index (κ3) is 17.0. The fraction of sp³-hybridized carbons (Fsp3) is 0.474. The minimum atomic E-state index is -0.618. The lowest BCUT2D eigenvalue weighted by Crippen LogP contribution is -2.59. The maximum absolute atomic E-state index is 14.1. The number of piperazine rings is 1. The maximum Gasteiger partial charge on any atom is 0.241 e. The summed E-state index contributed by atoms with van der Waals surface area (Å²) in [6.07, 6.45) is 4.33. The number of anilines is 2. The molecule has 5 aromatic rings. The molecule has 2 aliphatic rings. The van der Waals surface area contributed by atoms with E-state index >= 15 is 0 Å². The minimum absolute atomic E-state index is 0.0442. The molecule has 2 aliphatic heterocycles. The van der Waals surface area contributed by atoms with E-state index in [9.17, 15) is 18.4 Å². The van der Waals surface area contributed by atoms with Crippen LogP contribution in [0.1, 0.15) is 48.8 Å². The summed E-state index contributed by atoms with van der Waals surface area (Å²) in [4.78, 5) is 43.2. The van der Waals surface area contributed by atoms with Crippen LogP contribution in [0.25, 0.3) is 11.1 Å². The Labute approximate surface area is 435 Å². The SMILES string of the molecule is COC[C@H]1CN[C@H](C)CN1CC(=O)N1CC(C)(C)c2nc(CN(C)CCOCCOCCOCCOCCN[C@H](Cc3cccc(F)c3)C(=O)Nc3ccc(-c4ccncc4)cc3)c(Cc3ccc(F)cc3)cc21. The topological polar surface area (TPSA) is 152 Å². The number of carbonyl (C=O) groups is 2. The second-order valence-electron chi connectivity index (χ2n) is 19.8. The van der Waals surface area contributed by atoms with Crippen molar-refractivity contribution in [1.29, 1.82) is 0 Å². The van der Waals surface area contributed by atoms with Crippen molar-refractivity contribution in [1.82, 2.24) is 30.4 Å². The number of aromatic nitrogens is 2.